The van der Waals surface area contributed by atoms with E-state index in [9.17, 15) is 14.4 Å². The normalized spacial score (nSPS) is 19.2. The number of hydrogen-bond acceptors (Lipinski definition) is 3. The third kappa shape index (κ3) is 3.50. The van der Waals surface area contributed by atoms with Crippen molar-refractivity contribution in [3.05, 3.63) is 64.1 Å². The van der Waals surface area contributed by atoms with Crippen LogP contribution in [0.1, 0.15) is 12.5 Å². The Balaban J connectivity index is 1.83. The summed E-state index contributed by atoms with van der Waals surface area (Å²) in [6, 6.07) is 13.0. The van der Waals surface area contributed by atoms with Crippen LogP contribution in [0.25, 0.3) is 0 Å². The van der Waals surface area contributed by atoms with Crippen LogP contribution in [-0.4, -0.2) is 36.3 Å². The number of anilines is 1. The maximum Gasteiger partial charge on any atom is 0.325 e. The highest BCUT2D eigenvalue weighted by molar-refractivity contribution is 6.35. The Labute approximate surface area is 166 Å². The highest BCUT2D eigenvalue weighted by Crippen LogP contribution is 2.35. The average Bonchev–Trinajstić information content (AvgIpc) is 2.85. The molecule has 1 unspecified atom stereocenters. The van der Waals surface area contributed by atoms with Gasteiger partial charge in [0.1, 0.15) is 12.1 Å². The number of carbonyl (C=O) groups excluding carboxylic acids is 3. The maximum atomic E-state index is 13.0. The lowest BCUT2D eigenvalue weighted by Crippen LogP contribution is -2.43. The third-order valence-electron chi connectivity index (χ3n) is 4.56. The number of hydrogen-bond donors (Lipinski definition) is 1. The molecule has 1 N–H and O–H groups in total. The summed E-state index contributed by atoms with van der Waals surface area (Å²) >= 11 is 12.1. The molecule has 140 valence electrons. The van der Waals surface area contributed by atoms with Crippen LogP contribution >= 0.6 is 23.2 Å². The number of urea groups is 1. The predicted molar refractivity (Wildman–Crippen MR) is 104 cm³/mol. The standard InChI is InChI=1S/C19H17Cl2N3O3/c1-19(14-9-8-12(20)10-15(14)21)17(26)24(18(27)22-19)11-16(25)23(2)13-6-4-3-5-7-13/h3-10H,11H2,1-2H3,(H,22,27). The van der Waals surface area contributed by atoms with Crippen molar-refractivity contribution in [3.8, 4) is 0 Å². The second-order valence-corrected chi connectivity index (χ2v) is 7.20. The molecule has 3 rings (SSSR count). The number of amides is 4. The molecule has 27 heavy (non-hydrogen) atoms. The van der Waals surface area contributed by atoms with Crippen molar-refractivity contribution in [1.29, 1.82) is 0 Å². The van der Waals surface area contributed by atoms with Crippen LogP contribution in [0.15, 0.2) is 48.5 Å². The van der Waals surface area contributed by atoms with E-state index in [0.717, 1.165) is 4.90 Å². The zero-order valence-electron chi connectivity index (χ0n) is 14.7. The van der Waals surface area contributed by atoms with E-state index in [0.29, 0.717) is 16.3 Å². The first-order chi connectivity index (χ1) is 12.7. The fourth-order valence-corrected chi connectivity index (χ4v) is 3.55. The van der Waals surface area contributed by atoms with Crippen LogP contribution in [0.2, 0.25) is 10.0 Å². The molecule has 2 aromatic carbocycles. The number of nitrogens with one attached hydrogen (secondary N) is 1. The molecule has 8 heteroatoms. The van der Waals surface area contributed by atoms with Gasteiger partial charge in [-0.25, -0.2) is 4.79 Å². The number of halogens is 2. The Bertz CT molecular complexity index is 920. The highest BCUT2D eigenvalue weighted by Gasteiger charge is 2.50. The van der Waals surface area contributed by atoms with E-state index in [1.807, 2.05) is 6.07 Å². The van der Waals surface area contributed by atoms with Crippen LogP contribution in [-0.2, 0) is 15.1 Å². The van der Waals surface area contributed by atoms with Crippen LogP contribution in [0.5, 0.6) is 0 Å². The van der Waals surface area contributed by atoms with E-state index in [1.54, 1.807) is 50.4 Å². The summed E-state index contributed by atoms with van der Waals surface area (Å²) in [7, 11) is 1.59. The first kappa shape index (κ1) is 19.2. The third-order valence-corrected chi connectivity index (χ3v) is 5.10. The van der Waals surface area contributed by atoms with Crippen molar-refractivity contribution in [2.75, 3.05) is 18.5 Å². The van der Waals surface area contributed by atoms with Gasteiger partial charge in [-0.05, 0) is 31.2 Å². The molecule has 1 heterocycles. The van der Waals surface area contributed by atoms with Crippen molar-refractivity contribution >= 4 is 46.7 Å². The minimum atomic E-state index is -1.37. The van der Waals surface area contributed by atoms with Gasteiger partial charge in [0.2, 0.25) is 5.91 Å². The molecular weight excluding hydrogens is 389 g/mol. The summed E-state index contributed by atoms with van der Waals surface area (Å²) in [6.45, 7) is 1.17. The summed E-state index contributed by atoms with van der Waals surface area (Å²) in [4.78, 5) is 40.2. The molecule has 1 fully saturated rings. The molecule has 0 radical (unpaired) electrons. The fraction of sp³-hybridized carbons (Fsp3) is 0.211. The van der Waals surface area contributed by atoms with E-state index >= 15 is 0 Å². The Morgan fingerprint density at radius 3 is 2.44 bits per heavy atom. The summed E-state index contributed by atoms with van der Waals surface area (Å²) in [5, 5.41) is 3.30. The number of imide groups is 1. The van der Waals surface area contributed by atoms with Gasteiger partial charge < -0.3 is 10.2 Å². The smallest absolute Gasteiger partial charge is 0.319 e. The van der Waals surface area contributed by atoms with Crippen LogP contribution in [0, 0.1) is 0 Å². The molecule has 2 aromatic rings. The summed E-state index contributed by atoms with van der Waals surface area (Å²) < 4.78 is 0. The molecule has 1 aliphatic heterocycles. The fourth-order valence-electron chi connectivity index (χ4n) is 2.95. The highest BCUT2D eigenvalue weighted by atomic mass is 35.5. The van der Waals surface area contributed by atoms with Crippen LogP contribution in [0.4, 0.5) is 10.5 Å². The molecule has 0 spiro atoms. The van der Waals surface area contributed by atoms with Gasteiger partial charge in [-0.1, -0.05) is 47.5 Å². The van der Waals surface area contributed by atoms with E-state index in [-0.39, 0.29) is 11.6 Å². The number of likely N-dealkylation sites (N-methyl/N-ethyl adjacent to an activating group) is 1. The Morgan fingerprint density at radius 2 is 1.81 bits per heavy atom. The van der Waals surface area contributed by atoms with E-state index in [4.69, 9.17) is 23.2 Å². The number of carbonyl (C=O) groups is 3. The number of benzene rings is 2. The minimum absolute atomic E-state index is 0.258. The topological polar surface area (TPSA) is 69.7 Å². The van der Waals surface area contributed by atoms with E-state index < -0.39 is 23.4 Å². The lowest BCUT2D eigenvalue weighted by molar-refractivity contribution is -0.134. The molecule has 1 saturated heterocycles. The number of nitrogens with zero attached hydrogens (tertiary/aromatic N) is 2. The Kier molecular flexibility index (Phi) is 5.13. The molecule has 6 nitrogen and oxygen atoms in total. The zero-order valence-corrected chi connectivity index (χ0v) is 16.2. The first-order valence-corrected chi connectivity index (χ1v) is 8.91. The van der Waals surface area contributed by atoms with Gasteiger partial charge in [0.25, 0.3) is 5.91 Å². The second-order valence-electron chi connectivity index (χ2n) is 6.36. The zero-order chi connectivity index (χ0) is 19.8. The maximum absolute atomic E-state index is 13.0. The van der Waals surface area contributed by atoms with Gasteiger partial charge in [0.05, 0.1) is 0 Å². The summed E-state index contributed by atoms with van der Waals surface area (Å²) in [6.07, 6.45) is 0. The van der Waals surface area contributed by atoms with Gasteiger partial charge >= 0.3 is 6.03 Å². The largest absolute Gasteiger partial charge is 0.325 e. The van der Waals surface area contributed by atoms with Crippen LogP contribution in [0.3, 0.4) is 0 Å². The summed E-state index contributed by atoms with van der Waals surface area (Å²) in [5.74, 6) is -0.942. The molecule has 1 aliphatic rings. The van der Waals surface area contributed by atoms with E-state index in [1.165, 1.54) is 11.0 Å². The quantitative estimate of drug-likeness (QED) is 0.792. The number of rotatable bonds is 4. The average molecular weight is 406 g/mol. The molecule has 0 aliphatic carbocycles. The van der Waals surface area contributed by atoms with Gasteiger partial charge in [-0.3, -0.25) is 14.5 Å². The van der Waals surface area contributed by atoms with Gasteiger partial charge in [0.15, 0.2) is 0 Å². The van der Waals surface area contributed by atoms with Crippen molar-refractivity contribution < 1.29 is 14.4 Å². The molecule has 1 atom stereocenters. The summed E-state index contributed by atoms with van der Waals surface area (Å²) in [5.41, 5.74) is -0.291. The van der Waals surface area contributed by atoms with Gasteiger partial charge in [-0.15, -0.1) is 0 Å². The molecule has 0 aromatic heterocycles. The van der Waals surface area contributed by atoms with Crippen molar-refractivity contribution in [1.82, 2.24) is 10.2 Å². The number of para-hydroxylation sites is 1. The van der Waals surface area contributed by atoms with Gasteiger partial charge in [-0.2, -0.15) is 0 Å². The molecule has 0 bridgehead atoms. The molecule has 0 saturated carbocycles. The Morgan fingerprint density at radius 1 is 1.15 bits per heavy atom. The van der Waals surface area contributed by atoms with Crippen molar-refractivity contribution in [3.63, 3.8) is 0 Å². The second kappa shape index (κ2) is 7.21. The minimum Gasteiger partial charge on any atom is -0.319 e. The lowest BCUT2D eigenvalue weighted by Gasteiger charge is -2.24. The SMILES string of the molecule is CN(C(=O)CN1C(=O)NC(C)(c2ccc(Cl)cc2Cl)C1=O)c1ccccc1. The monoisotopic (exact) mass is 405 g/mol. The lowest BCUT2D eigenvalue weighted by atomic mass is 9.92. The predicted octanol–water partition coefficient (Wildman–Crippen LogP) is 3.42. The first-order valence-electron chi connectivity index (χ1n) is 8.15. The molecule has 4 amide bonds. The Hall–Kier alpha value is -2.57. The van der Waals surface area contributed by atoms with Crippen LogP contribution < -0.4 is 10.2 Å². The van der Waals surface area contributed by atoms with Crippen molar-refractivity contribution in [2.24, 2.45) is 0 Å². The van der Waals surface area contributed by atoms with Crippen molar-refractivity contribution in [2.45, 2.75) is 12.5 Å². The molecular formula is C19H17Cl2N3O3. The van der Waals surface area contributed by atoms with Gasteiger partial charge in [0, 0.05) is 28.3 Å². The van der Waals surface area contributed by atoms with E-state index in [2.05, 4.69) is 5.32 Å².